The Kier molecular flexibility index (Phi) is 6.08. The maximum atomic E-state index is 12.6. The predicted molar refractivity (Wildman–Crippen MR) is 108 cm³/mol. The first-order valence-electron chi connectivity index (χ1n) is 8.62. The van der Waals surface area contributed by atoms with Crippen LogP contribution in [0.15, 0.2) is 53.9 Å². The van der Waals surface area contributed by atoms with Gasteiger partial charge in [0.15, 0.2) is 0 Å². The number of ether oxygens (including phenoxy) is 2. The molecule has 0 aliphatic rings. The van der Waals surface area contributed by atoms with Crippen LogP contribution in [0, 0.1) is 6.92 Å². The van der Waals surface area contributed by atoms with Crippen LogP contribution in [0.4, 0.5) is 0 Å². The summed E-state index contributed by atoms with van der Waals surface area (Å²) in [5, 5.41) is 2.54. The number of benzene rings is 2. The molecule has 0 aliphatic heterocycles. The summed E-state index contributed by atoms with van der Waals surface area (Å²) in [5.74, 6) is 1.42. The Balaban J connectivity index is 1.61. The summed E-state index contributed by atoms with van der Waals surface area (Å²) in [6.45, 7) is 2.92. The van der Waals surface area contributed by atoms with Crippen molar-refractivity contribution in [2.75, 3.05) is 27.3 Å². The molecular formula is C21H22N2O3S. The molecule has 0 saturated heterocycles. The number of aryl methyl sites for hydroxylation is 1. The van der Waals surface area contributed by atoms with Gasteiger partial charge in [-0.3, -0.25) is 4.79 Å². The monoisotopic (exact) mass is 382 g/mol. The smallest absolute Gasteiger partial charge is 0.273 e. The highest BCUT2D eigenvalue weighted by Gasteiger charge is 2.17. The van der Waals surface area contributed by atoms with Crippen LogP contribution in [-0.4, -0.2) is 43.1 Å². The molecule has 3 aromatic rings. The van der Waals surface area contributed by atoms with Crippen LogP contribution >= 0.6 is 11.3 Å². The molecular weight excluding hydrogens is 360 g/mol. The van der Waals surface area contributed by atoms with Gasteiger partial charge in [-0.05, 0) is 36.8 Å². The van der Waals surface area contributed by atoms with Gasteiger partial charge >= 0.3 is 0 Å². The summed E-state index contributed by atoms with van der Waals surface area (Å²) in [6, 6.07) is 15.5. The van der Waals surface area contributed by atoms with Crippen molar-refractivity contribution in [3.05, 3.63) is 65.2 Å². The normalized spacial score (nSPS) is 10.5. The zero-order valence-electron chi connectivity index (χ0n) is 15.6. The van der Waals surface area contributed by atoms with Crippen molar-refractivity contribution in [3.8, 4) is 22.1 Å². The van der Waals surface area contributed by atoms with E-state index in [1.54, 1.807) is 24.4 Å². The molecule has 27 heavy (non-hydrogen) atoms. The van der Waals surface area contributed by atoms with Crippen LogP contribution in [0.5, 0.6) is 11.5 Å². The largest absolute Gasteiger partial charge is 0.496 e. The second kappa shape index (κ2) is 8.68. The highest BCUT2D eigenvalue weighted by atomic mass is 32.1. The second-order valence-corrected chi connectivity index (χ2v) is 6.99. The van der Waals surface area contributed by atoms with Gasteiger partial charge in [0.05, 0.1) is 19.2 Å². The van der Waals surface area contributed by atoms with Gasteiger partial charge in [0, 0.05) is 12.4 Å². The lowest BCUT2D eigenvalue weighted by atomic mass is 10.2. The molecule has 6 heteroatoms. The molecule has 0 unspecified atom stereocenters. The molecule has 0 fully saturated rings. The number of aromatic nitrogens is 1. The van der Waals surface area contributed by atoms with E-state index in [4.69, 9.17) is 9.47 Å². The number of thiazole rings is 1. The van der Waals surface area contributed by atoms with E-state index in [0.717, 1.165) is 27.6 Å². The molecule has 0 bridgehead atoms. The molecule has 0 radical (unpaired) electrons. The number of hydrogen-bond acceptors (Lipinski definition) is 5. The van der Waals surface area contributed by atoms with Crippen molar-refractivity contribution in [3.63, 3.8) is 0 Å². The van der Waals surface area contributed by atoms with Gasteiger partial charge in [0.25, 0.3) is 5.91 Å². The van der Waals surface area contributed by atoms with Gasteiger partial charge in [0.1, 0.15) is 28.8 Å². The van der Waals surface area contributed by atoms with Crippen LogP contribution in [0.3, 0.4) is 0 Å². The number of hydrogen-bond donors (Lipinski definition) is 0. The number of likely N-dealkylation sites (N-methyl/N-ethyl adjacent to an activating group) is 1. The maximum absolute atomic E-state index is 12.6. The quantitative estimate of drug-likeness (QED) is 0.612. The van der Waals surface area contributed by atoms with Crippen LogP contribution < -0.4 is 9.47 Å². The minimum absolute atomic E-state index is 0.125. The third-order valence-electron chi connectivity index (χ3n) is 4.09. The van der Waals surface area contributed by atoms with E-state index in [1.165, 1.54) is 11.3 Å². The van der Waals surface area contributed by atoms with Gasteiger partial charge < -0.3 is 14.4 Å². The van der Waals surface area contributed by atoms with E-state index < -0.39 is 0 Å². The van der Waals surface area contributed by atoms with Gasteiger partial charge in [0.2, 0.25) is 0 Å². The minimum Gasteiger partial charge on any atom is -0.496 e. The molecule has 0 N–H and O–H groups in total. The van der Waals surface area contributed by atoms with Gasteiger partial charge in [-0.2, -0.15) is 0 Å². The van der Waals surface area contributed by atoms with Crippen molar-refractivity contribution in [1.82, 2.24) is 9.88 Å². The average Bonchev–Trinajstić information content (AvgIpc) is 3.17. The van der Waals surface area contributed by atoms with Crippen LogP contribution in [0.25, 0.3) is 10.6 Å². The molecule has 0 aliphatic carbocycles. The van der Waals surface area contributed by atoms with Crippen molar-refractivity contribution < 1.29 is 14.3 Å². The third-order valence-corrected chi connectivity index (χ3v) is 4.97. The van der Waals surface area contributed by atoms with Crippen molar-refractivity contribution >= 4 is 17.2 Å². The first-order chi connectivity index (χ1) is 13.1. The highest BCUT2D eigenvalue weighted by Crippen LogP contribution is 2.32. The number of carbonyl (C=O) groups is 1. The molecule has 2 aromatic carbocycles. The summed E-state index contributed by atoms with van der Waals surface area (Å²) in [6.07, 6.45) is 0. The van der Waals surface area contributed by atoms with E-state index in [2.05, 4.69) is 4.98 Å². The molecule has 1 amide bonds. The Morgan fingerprint density at radius 1 is 1.19 bits per heavy atom. The molecule has 0 spiro atoms. The van der Waals surface area contributed by atoms with E-state index >= 15 is 0 Å². The van der Waals surface area contributed by atoms with Crippen molar-refractivity contribution in [2.24, 2.45) is 0 Å². The Bertz CT molecular complexity index is 923. The SMILES string of the molecule is COc1ccccc1-c1nc(C(=O)N(C)CCOc2cccc(C)c2)cs1. The fraction of sp³-hybridized carbons (Fsp3) is 0.238. The number of nitrogens with zero attached hydrogens (tertiary/aromatic N) is 2. The summed E-state index contributed by atoms with van der Waals surface area (Å²) in [7, 11) is 3.38. The molecule has 0 atom stereocenters. The van der Waals surface area contributed by atoms with Gasteiger partial charge in [-0.15, -0.1) is 11.3 Å². The van der Waals surface area contributed by atoms with Crippen LogP contribution in [0.2, 0.25) is 0 Å². The number of amides is 1. The molecule has 140 valence electrons. The Hall–Kier alpha value is -2.86. The van der Waals surface area contributed by atoms with Crippen LogP contribution in [0.1, 0.15) is 16.1 Å². The molecule has 3 rings (SSSR count). The number of carbonyl (C=O) groups excluding carboxylic acids is 1. The average molecular weight is 382 g/mol. The Labute approximate surface area is 163 Å². The van der Waals surface area contributed by atoms with Crippen molar-refractivity contribution in [2.45, 2.75) is 6.92 Å². The summed E-state index contributed by atoms with van der Waals surface area (Å²) >= 11 is 1.43. The maximum Gasteiger partial charge on any atom is 0.273 e. The summed E-state index contributed by atoms with van der Waals surface area (Å²) < 4.78 is 11.1. The lowest BCUT2D eigenvalue weighted by Crippen LogP contribution is -2.31. The topological polar surface area (TPSA) is 51.7 Å². The summed E-state index contributed by atoms with van der Waals surface area (Å²) in [5.41, 5.74) is 2.46. The van der Waals surface area contributed by atoms with E-state index in [0.29, 0.717) is 18.8 Å². The molecule has 1 heterocycles. The number of methoxy groups -OCH3 is 1. The highest BCUT2D eigenvalue weighted by molar-refractivity contribution is 7.13. The molecule has 1 aromatic heterocycles. The predicted octanol–water partition coefficient (Wildman–Crippen LogP) is 4.28. The molecule has 5 nitrogen and oxygen atoms in total. The fourth-order valence-electron chi connectivity index (χ4n) is 2.62. The fourth-order valence-corrected chi connectivity index (χ4v) is 3.44. The zero-order chi connectivity index (χ0) is 19.2. The summed E-state index contributed by atoms with van der Waals surface area (Å²) in [4.78, 5) is 18.7. The second-order valence-electron chi connectivity index (χ2n) is 6.13. The van der Waals surface area contributed by atoms with Gasteiger partial charge in [-0.1, -0.05) is 24.3 Å². The van der Waals surface area contributed by atoms with E-state index in [9.17, 15) is 4.79 Å². The van der Waals surface area contributed by atoms with E-state index in [-0.39, 0.29) is 5.91 Å². The number of para-hydroxylation sites is 1. The zero-order valence-corrected chi connectivity index (χ0v) is 16.5. The standard InChI is InChI=1S/C21H22N2O3S/c1-15-7-6-8-16(13-15)26-12-11-23(2)21(24)18-14-27-20(22-18)17-9-4-5-10-19(17)25-3/h4-10,13-14H,11-12H2,1-3H3. The first kappa shape index (κ1) is 18.9. The molecule has 0 saturated carbocycles. The minimum atomic E-state index is -0.125. The Morgan fingerprint density at radius 3 is 2.78 bits per heavy atom. The van der Waals surface area contributed by atoms with E-state index in [1.807, 2.05) is 55.5 Å². The third kappa shape index (κ3) is 4.65. The number of rotatable bonds is 7. The van der Waals surface area contributed by atoms with Crippen molar-refractivity contribution in [1.29, 1.82) is 0 Å². The lowest BCUT2D eigenvalue weighted by Gasteiger charge is -2.16. The first-order valence-corrected chi connectivity index (χ1v) is 9.50. The van der Waals surface area contributed by atoms with Gasteiger partial charge in [-0.25, -0.2) is 4.98 Å². The Morgan fingerprint density at radius 2 is 2.00 bits per heavy atom. The van der Waals surface area contributed by atoms with Crippen LogP contribution in [-0.2, 0) is 0 Å². The lowest BCUT2D eigenvalue weighted by molar-refractivity contribution is 0.0769.